The SMILES string of the molecule is Cc1sc(NC(=O)c2ccccc2)c([C@@H](c2cccc(Cl)c2)N2CCN(C)CC2)c1C. The molecule has 0 unspecified atom stereocenters. The first kappa shape index (κ1) is 22.0. The van der Waals surface area contributed by atoms with Crippen molar-refractivity contribution in [2.45, 2.75) is 19.9 Å². The van der Waals surface area contributed by atoms with Crippen LogP contribution in [0.4, 0.5) is 5.00 Å². The molecule has 0 spiro atoms. The molecule has 4 rings (SSSR count). The number of amides is 1. The summed E-state index contributed by atoms with van der Waals surface area (Å²) in [5.41, 5.74) is 4.24. The lowest BCUT2D eigenvalue weighted by Crippen LogP contribution is -2.46. The van der Waals surface area contributed by atoms with Gasteiger partial charge in [-0.2, -0.15) is 0 Å². The van der Waals surface area contributed by atoms with E-state index >= 15 is 0 Å². The Labute approximate surface area is 193 Å². The van der Waals surface area contributed by atoms with Crippen LogP contribution in [0.1, 0.15) is 38.0 Å². The number of anilines is 1. The monoisotopic (exact) mass is 453 g/mol. The number of rotatable bonds is 5. The Morgan fingerprint density at radius 1 is 1.03 bits per heavy atom. The quantitative estimate of drug-likeness (QED) is 0.545. The summed E-state index contributed by atoms with van der Waals surface area (Å²) in [7, 11) is 2.16. The maximum absolute atomic E-state index is 13.0. The highest BCUT2D eigenvalue weighted by atomic mass is 35.5. The summed E-state index contributed by atoms with van der Waals surface area (Å²) in [4.78, 5) is 19.1. The van der Waals surface area contributed by atoms with Gasteiger partial charge >= 0.3 is 0 Å². The molecule has 1 aliphatic heterocycles. The summed E-state index contributed by atoms with van der Waals surface area (Å²) in [6.07, 6.45) is 0. The Balaban J connectivity index is 1.76. The van der Waals surface area contributed by atoms with E-state index in [1.165, 1.54) is 16.0 Å². The largest absolute Gasteiger partial charge is 0.313 e. The summed E-state index contributed by atoms with van der Waals surface area (Å²) in [5, 5.41) is 4.87. The van der Waals surface area contributed by atoms with Crippen molar-refractivity contribution >= 4 is 33.8 Å². The molecule has 162 valence electrons. The van der Waals surface area contributed by atoms with Gasteiger partial charge in [0.25, 0.3) is 5.91 Å². The van der Waals surface area contributed by atoms with E-state index in [0.29, 0.717) is 5.56 Å². The second-order valence-electron chi connectivity index (χ2n) is 8.14. The highest BCUT2D eigenvalue weighted by Gasteiger charge is 2.31. The topological polar surface area (TPSA) is 35.6 Å². The van der Waals surface area contributed by atoms with Crippen LogP contribution in [-0.4, -0.2) is 48.9 Å². The summed E-state index contributed by atoms with van der Waals surface area (Å²) in [5.74, 6) is -0.0775. The van der Waals surface area contributed by atoms with E-state index in [1.807, 2.05) is 42.5 Å². The predicted octanol–water partition coefficient (Wildman–Crippen LogP) is 5.61. The number of carbonyl (C=O) groups excluding carboxylic acids is 1. The van der Waals surface area contributed by atoms with E-state index in [9.17, 15) is 4.79 Å². The van der Waals surface area contributed by atoms with Gasteiger partial charge in [-0.3, -0.25) is 9.69 Å². The molecule has 2 heterocycles. The van der Waals surface area contributed by atoms with Gasteiger partial charge in [0.05, 0.1) is 6.04 Å². The summed E-state index contributed by atoms with van der Waals surface area (Å²) < 4.78 is 0. The number of likely N-dealkylation sites (N-methyl/N-ethyl adjacent to an activating group) is 1. The van der Waals surface area contributed by atoms with Crippen molar-refractivity contribution in [2.24, 2.45) is 0 Å². The molecule has 0 aliphatic carbocycles. The minimum Gasteiger partial charge on any atom is -0.313 e. The molecule has 1 amide bonds. The minimum absolute atomic E-state index is 0.0448. The van der Waals surface area contributed by atoms with Gasteiger partial charge in [0.1, 0.15) is 5.00 Å². The normalized spacial score (nSPS) is 16.3. The highest BCUT2D eigenvalue weighted by molar-refractivity contribution is 7.16. The standard InChI is InChI=1S/C25H28ClN3OS/c1-17-18(2)31-25(27-24(30)19-8-5-4-6-9-19)22(17)23(20-10-7-11-21(26)16-20)29-14-12-28(3)13-15-29/h4-11,16,23H,12-15H2,1-3H3,(H,27,30)/t23-/m1/s1. The first-order valence-corrected chi connectivity index (χ1v) is 11.8. The van der Waals surface area contributed by atoms with E-state index in [0.717, 1.165) is 41.8 Å². The number of benzene rings is 2. The van der Waals surface area contributed by atoms with Crippen molar-refractivity contribution in [3.63, 3.8) is 0 Å². The predicted molar refractivity (Wildman–Crippen MR) is 131 cm³/mol. The van der Waals surface area contributed by atoms with Crippen molar-refractivity contribution in [1.82, 2.24) is 9.80 Å². The number of nitrogens with one attached hydrogen (secondary N) is 1. The number of hydrogen-bond acceptors (Lipinski definition) is 4. The molecule has 1 saturated heterocycles. The molecule has 3 aromatic rings. The Bertz CT molecular complexity index is 1060. The fourth-order valence-corrected chi connectivity index (χ4v) is 5.43. The zero-order valence-electron chi connectivity index (χ0n) is 18.2. The van der Waals surface area contributed by atoms with Crippen LogP contribution in [0, 0.1) is 13.8 Å². The molecule has 6 heteroatoms. The van der Waals surface area contributed by atoms with Gasteiger partial charge < -0.3 is 10.2 Å². The molecule has 1 aromatic heterocycles. The van der Waals surface area contributed by atoms with Gasteiger partial charge in [-0.15, -0.1) is 11.3 Å². The van der Waals surface area contributed by atoms with Crippen LogP contribution in [0.5, 0.6) is 0 Å². The lowest BCUT2D eigenvalue weighted by Gasteiger charge is -2.39. The van der Waals surface area contributed by atoms with Crippen LogP contribution < -0.4 is 5.32 Å². The first-order chi connectivity index (χ1) is 14.9. The van der Waals surface area contributed by atoms with Crippen LogP contribution >= 0.6 is 22.9 Å². The van der Waals surface area contributed by atoms with Crippen LogP contribution in [0.25, 0.3) is 0 Å². The third kappa shape index (κ3) is 4.85. The number of halogens is 1. The lowest BCUT2D eigenvalue weighted by atomic mass is 9.94. The van der Waals surface area contributed by atoms with Crippen LogP contribution in [0.15, 0.2) is 54.6 Å². The Kier molecular flexibility index (Phi) is 6.77. The Morgan fingerprint density at radius 3 is 2.42 bits per heavy atom. The van der Waals surface area contributed by atoms with Crippen LogP contribution in [0.3, 0.4) is 0 Å². The first-order valence-electron chi connectivity index (χ1n) is 10.6. The number of piperazine rings is 1. The van der Waals surface area contributed by atoms with Crippen molar-refractivity contribution < 1.29 is 4.79 Å². The lowest BCUT2D eigenvalue weighted by molar-refractivity contribution is 0.102. The number of aryl methyl sites for hydroxylation is 1. The van der Waals surface area contributed by atoms with Gasteiger partial charge in [0.2, 0.25) is 0 Å². The summed E-state index contributed by atoms with van der Waals surface area (Å²) in [6, 6.07) is 17.6. The molecule has 1 fully saturated rings. The summed E-state index contributed by atoms with van der Waals surface area (Å²) in [6.45, 7) is 8.26. The molecular weight excluding hydrogens is 426 g/mol. The second-order valence-corrected chi connectivity index (χ2v) is 9.80. The van der Waals surface area contributed by atoms with Crippen molar-refractivity contribution in [3.8, 4) is 0 Å². The number of nitrogens with zero attached hydrogens (tertiary/aromatic N) is 2. The average Bonchev–Trinajstić information content (AvgIpc) is 3.04. The molecule has 4 nitrogen and oxygen atoms in total. The van der Waals surface area contributed by atoms with Gasteiger partial charge in [-0.25, -0.2) is 0 Å². The third-order valence-corrected chi connectivity index (χ3v) is 7.41. The van der Waals surface area contributed by atoms with Crippen molar-refractivity contribution in [3.05, 3.63) is 86.8 Å². The molecule has 31 heavy (non-hydrogen) atoms. The van der Waals surface area contributed by atoms with Crippen molar-refractivity contribution in [2.75, 3.05) is 38.5 Å². The third-order valence-electron chi connectivity index (χ3n) is 6.04. The van der Waals surface area contributed by atoms with E-state index in [2.05, 4.69) is 48.1 Å². The van der Waals surface area contributed by atoms with Crippen LogP contribution in [-0.2, 0) is 0 Å². The van der Waals surface area contributed by atoms with E-state index in [-0.39, 0.29) is 11.9 Å². The highest BCUT2D eigenvalue weighted by Crippen LogP contribution is 2.43. The zero-order valence-corrected chi connectivity index (χ0v) is 19.8. The molecule has 1 aliphatic rings. The number of carbonyl (C=O) groups is 1. The number of hydrogen-bond donors (Lipinski definition) is 1. The second kappa shape index (κ2) is 9.53. The maximum atomic E-state index is 13.0. The molecular formula is C25H28ClN3OS. The number of thiophene rings is 1. The van der Waals surface area contributed by atoms with Crippen LogP contribution in [0.2, 0.25) is 5.02 Å². The summed E-state index contributed by atoms with van der Waals surface area (Å²) >= 11 is 8.05. The Morgan fingerprint density at radius 2 is 1.74 bits per heavy atom. The molecule has 2 aromatic carbocycles. The van der Waals surface area contributed by atoms with E-state index in [1.54, 1.807) is 11.3 Å². The van der Waals surface area contributed by atoms with Gasteiger partial charge in [-0.05, 0) is 56.3 Å². The molecule has 0 radical (unpaired) electrons. The Hall–Kier alpha value is -2.18. The fraction of sp³-hybridized carbons (Fsp3) is 0.320. The molecule has 0 bridgehead atoms. The van der Waals surface area contributed by atoms with Gasteiger partial charge in [0, 0.05) is 47.2 Å². The smallest absolute Gasteiger partial charge is 0.256 e. The molecule has 1 atom stereocenters. The maximum Gasteiger partial charge on any atom is 0.256 e. The minimum atomic E-state index is -0.0775. The van der Waals surface area contributed by atoms with Crippen molar-refractivity contribution in [1.29, 1.82) is 0 Å². The average molecular weight is 454 g/mol. The van der Waals surface area contributed by atoms with Gasteiger partial charge in [0.15, 0.2) is 0 Å². The van der Waals surface area contributed by atoms with Gasteiger partial charge in [-0.1, -0.05) is 41.9 Å². The zero-order chi connectivity index (χ0) is 22.0. The molecule has 1 N–H and O–H groups in total. The fourth-order valence-electron chi connectivity index (χ4n) is 4.15. The van der Waals surface area contributed by atoms with E-state index < -0.39 is 0 Å². The molecule has 0 saturated carbocycles. The van der Waals surface area contributed by atoms with E-state index in [4.69, 9.17) is 11.6 Å².